The van der Waals surface area contributed by atoms with Crippen molar-refractivity contribution in [1.82, 2.24) is 9.80 Å². The van der Waals surface area contributed by atoms with E-state index in [1.165, 1.54) is 6.92 Å². The second kappa shape index (κ2) is 5.56. The lowest BCUT2D eigenvalue weighted by atomic mass is 10.1. The molecule has 0 fully saturated rings. The Morgan fingerprint density at radius 3 is 2.74 bits per heavy atom. The van der Waals surface area contributed by atoms with Crippen molar-refractivity contribution >= 4 is 17.4 Å². The van der Waals surface area contributed by atoms with E-state index in [4.69, 9.17) is 0 Å². The van der Waals surface area contributed by atoms with Crippen LogP contribution >= 0.6 is 0 Å². The number of rotatable bonds is 4. The Morgan fingerprint density at radius 2 is 2.11 bits per heavy atom. The number of hydrogen-bond acceptors (Lipinski definition) is 4. The third kappa shape index (κ3) is 3.58. The Labute approximate surface area is 112 Å². The van der Waals surface area contributed by atoms with Gasteiger partial charge in [0, 0.05) is 37.6 Å². The van der Waals surface area contributed by atoms with Crippen LogP contribution < -0.4 is 5.32 Å². The number of hydrogen-bond donors (Lipinski definition) is 1. The SMILES string of the molecule is CC(=O)Nc1cccc(C(=O)CN2C=CN(C)C2)c1. The van der Waals surface area contributed by atoms with Gasteiger partial charge < -0.3 is 15.1 Å². The van der Waals surface area contributed by atoms with Gasteiger partial charge in [-0.1, -0.05) is 12.1 Å². The summed E-state index contributed by atoms with van der Waals surface area (Å²) >= 11 is 0. The second-order valence-corrected chi connectivity index (χ2v) is 4.63. The van der Waals surface area contributed by atoms with E-state index >= 15 is 0 Å². The lowest BCUT2D eigenvalue weighted by molar-refractivity contribution is -0.114. The normalized spacial score (nSPS) is 13.8. The third-order valence-electron chi connectivity index (χ3n) is 2.79. The molecule has 1 aromatic carbocycles. The molecule has 1 heterocycles. The van der Waals surface area contributed by atoms with Crippen molar-refractivity contribution in [2.45, 2.75) is 6.92 Å². The highest BCUT2D eigenvalue weighted by atomic mass is 16.1. The molecule has 0 radical (unpaired) electrons. The van der Waals surface area contributed by atoms with E-state index in [-0.39, 0.29) is 11.7 Å². The molecule has 0 unspecified atom stereocenters. The van der Waals surface area contributed by atoms with E-state index in [2.05, 4.69) is 5.32 Å². The van der Waals surface area contributed by atoms with Gasteiger partial charge in [-0.3, -0.25) is 9.59 Å². The zero-order valence-electron chi connectivity index (χ0n) is 11.1. The highest BCUT2D eigenvalue weighted by Crippen LogP contribution is 2.13. The van der Waals surface area contributed by atoms with Crippen LogP contribution in [0.15, 0.2) is 36.7 Å². The monoisotopic (exact) mass is 259 g/mol. The van der Waals surface area contributed by atoms with Gasteiger partial charge in [0.15, 0.2) is 5.78 Å². The Balaban J connectivity index is 2.02. The average Bonchev–Trinajstić information content (AvgIpc) is 2.74. The number of Topliss-reactive ketones (excluding diaryl/α,β-unsaturated/α-hetero) is 1. The average molecular weight is 259 g/mol. The lowest BCUT2D eigenvalue weighted by Gasteiger charge is -2.17. The van der Waals surface area contributed by atoms with Gasteiger partial charge in [-0.05, 0) is 12.1 Å². The highest BCUT2D eigenvalue weighted by molar-refractivity contribution is 5.99. The van der Waals surface area contributed by atoms with E-state index in [1.54, 1.807) is 24.3 Å². The predicted octanol–water partition coefficient (Wildman–Crippen LogP) is 1.50. The molecule has 0 atom stereocenters. The summed E-state index contributed by atoms with van der Waals surface area (Å²) in [7, 11) is 1.96. The first-order valence-corrected chi connectivity index (χ1v) is 6.08. The molecule has 0 spiro atoms. The molecule has 0 saturated heterocycles. The summed E-state index contributed by atoms with van der Waals surface area (Å²) < 4.78 is 0. The lowest BCUT2D eigenvalue weighted by Crippen LogP contribution is -2.28. The van der Waals surface area contributed by atoms with Crippen molar-refractivity contribution in [2.75, 3.05) is 25.6 Å². The second-order valence-electron chi connectivity index (χ2n) is 4.63. The van der Waals surface area contributed by atoms with Crippen molar-refractivity contribution in [1.29, 1.82) is 0 Å². The smallest absolute Gasteiger partial charge is 0.221 e. The quantitative estimate of drug-likeness (QED) is 0.833. The van der Waals surface area contributed by atoms with Gasteiger partial charge in [-0.25, -0.2) is 0 Å². The van der Waals surface area contributed by atoms with Gasteiger partial charge >= 0.3 is 0 Å². The molecule has 1 aliphatic rings. The number of nitrogens with zero attached hydrogens (tertiary/aromatic N) is 2. The zero-order valence-corrected chi connectivity index (χ0v) is 11.1. The largest absolute Gasteiger partial charge is 0.362 e. The van der Waals surface area contributed by atoms with Crippen LogP contribution in [0.1, 0.15) is 17.3 Å². The van der Waals surface area contributed by atoms with Crippen LogP contribution in [0.2, 0.25) is 0 Å². The molecule has 1 aliphatic heterocycles. The molecule has 5 heteroatoms. The van der Waals surface area contributed by atoms with Crippen LogP contribution in [0.3, 0.4) is 0 Å². The van der Waals surface area contributed by atoms with Gasteiger partial charge in [0.2, 0.25) is 5.91 Å². The maximum atomic E-state index is 12.1. The molecule has 0 aliphatic carbocycles. The van der Waals surface area contributed by atoms with Gasteiger partial charge in [0.05, 0.1) is 13.2 Å². The maximum absolute atomic E-state index is 12.1. The van der Waals surface area contributed by atoms with Gasteiger partial charge in [-0.15, -0.1) is 0 Å². The minimum absolute atomic E-state index is 0.0344. The van der Waals surface area contributed by atoms with Crippen molar-refractivity contribution in [3.05, 3.63) is 42.2 Å². The fourth-order valence-electron chi connectivity index (χ4n) is 1.94. The molecule has 100 valence electrons. The molecular formula is C14H17N3O2. The van der Waals surface area contributed by atoms with Crippen LogP contribution in [-0.4, -0.2) is 41.8 Å². The first-order chi connectivity index (χ1) is 9.04. The molecule has 1 amide bonds. The van der Waals surface area contributed by atoms with Crippen LogP contribution in [0.4, 0.5) is 5.69 Å². The molecule has 5 nitrogen and oxygen atoms in total. The summed E-state index contributed by atoms with van der Waals surface area (Å²) in [5.41, 5.74) is 1.25. The summed E-state index contributed by atoms with van der Waals surface area (Å²) in [5.74, 6) is -0.110. The summed E-state index contributed by atoms with van der Waals surface area (Å²) in [6, 6.07) is 7.00. The third-order valence-corrected chi connectivity index (χ3v) is 2.79. The Bertz CT molecular complexity index is 525. The predicted molar refractivity (Wildman–Crippen MR) is 73.6 cm³/mol. The molecule has 19 heavy (non-hydrogen) atoms. The van der Waals surface area contributed by atoms with E-state index in [0.717, 1.165) is 6.67 Å². The molecule has 1 aromatic rings. The molecular weight excluding hydrogens is 242 g/mol. The fourth-order valence-corrected chi connectivity index (χ4v) is 1.94. The van der Waals surface area contributed by atoms with E-state index < -0.39 is 0 Å². The summed E-state index contributed by atoms with van der Waals surface area (Å²) in [6.45, 7) is 2.50. The van der Waals surface area contributed by atoms with Gasteiger partial charge in [-0.2, -0.15) is 0 Å². The number of amides is 1. The Hall–Kier alpha value is -2.30. The van der Waals surface area contributed by atoms with Gasteiger partial charge in [0.25, 0.3) is 0 Å². The summed E-state index contributed by atoms with van der Waals surface area (Å²) in [6.07, 6.45) is 3.83. The minimum Gasteiger partial charge on any atom is -0.362 e. The number of carbonyl (C=O) groups excluding carboxylic acids is 2. The summed E-state index contributed by atoms with van der Waals surface area (Å²) in [5, 5.41) is 2.67. The summed E-state index contributed by atoms with van der Waals surface area (Å²) in [4.78, 5) is 27.1. The molecule has 0 aromatic heterocycles. The highest BCUT2D eigenvalue weighted by Gasteiger charge is 2.14. The number of carbonyl (C=O) groups is 2. The first kappa shape index (κ1) is 13.1. The topological polar surface area (TPSA) is 52.7 Å². The van der Waals surface area contributed by atoms with E-state index in [1.807, 2.05) is 29.2 Å². The van der Waals surface area contributed by atoms with E-state index in [9.17, 15) is 9.59 Å². The van der Waals surface area contributed by atoms with Crippen LogP contribution in [-0.2, 0) is 4.79 Å². The number of ketones is 1. The standard InChI is InChI=1S/C14H17N3O2/c1-11(18)15-13-5-3-4-12(8-13)14(19)9-17-7-6-16(2)10-17/h3-8H,9-10H2,1-2H3,(H,15,18). The first-order valence-electron chi connectivity index (χ1n) is 6.08. The fraction of sp³-hybridized carbons (Fsp3) is 0.286. The number of nitrogens with one attached hydrogen (secondary N) is 1. The Morgan fingerprint density at radius 1 is 1.32 bits per heavy atom. The van der Waals surface area contributed by atoms with Crippen molar-refractivity contribution in [2.24, 2.45) is 0 Å². The molecule has 0 saturated carbocycles. The number of benzene rings is 1. The van der Waals surface area contributed by atoms with Crippen LogP contribution in [0, 0.1) is 0 Å². The molecule has 1 N–H and O–H groups in total. The minimum atomic E-state index is -0.145. The zero-order chi connectivity index (χ0) is 13.8. The molecule has 0 bridgehead atoms. The van der Waals surface area contributed by atoms with E-state index in [0.29, 0.717) is 17.8 Å². The maximum Gasteiger partial charge on any atom is 0.221 e. The van der Waals surface area contributed by atoms with Crippen LogP contribution in [0.25, 0.3) is 0 Å². The van der Waals surface area contributed by atoms with Gasteiger partial charge in [0.1, 0.15) is 0 Å². The molecule has 2 rings (SSSR count). The van der Waals surface area contributed by atoms with Crippen molar-refractivity contribution in [3.8, 4) is 0 Å². The van der Waals surface area contributed by atoms with Crippen LogP contribution in [0.5, 0.6) is 0 Å². The van der Waals surface area contributed by atoms with Crippen molar-refractivity contribution in [3.63, 3.8) is 0 Å². The number of anilines is 1. The Kier molecular flexibility index (Phi) is 3.85. The van der Waals surface area contributed by atoms with Crippen molar-refractivity contribution < 1.29 is 9.59 Å².